The van der Waals surface area contributed by atoms with Crippen molar-refractivity contribution in [2.24, 2.45) is 0 Å². The van der Waals surface area contributed by atoms with Crippen LogP contribution in [-0.2, 0) is 9.59 Å². The summed E-state index contributed by atoms with van der Waals surface area (Å²) in [7, 11) is 1.51. The monoisotopic (exact) mass is 432 g/mol. The first-order chi connectivity index (χ1) is 14.9. The number of rotatable bonds is 4. The smallest absolute Gasteiger partial charge is 0.335 e. The first-order valence-corrected chi connectivity index (χ1v) is 9.64. The summed E-state index contributed by atoms with van der Waals surface area (Å²) >= 11 is 5.32. The molecule has 1 aliphatic rings. The van der Waals surface area contributed by atoms with E-state index in [-0.39, 0.29) is 16.2 Å². The number of thiocarbonyl (C=S) groups is 1. The molecule has 2 aromatic carbocycles. The summed E-state index contributed by atoms with van der Waals surface area (Å²) in [6, 6.07) is 18.4. The first-order valence-electron chi connectivity index (χ1n) is 9.23. The van der Waals surface area contributed by atoms with Crippen LogP contribution in [0.3, 0.4) is 0 Å². The third kappa shape index (κ3) is 3.76. The Hall–Kier alpha value is -4.04. The van der Waals surface area contributed by atoms with Crippen molar-refractivity contribution in [3.63, 3.8) is 0 Å². The molecule has 1 fully saturated rings. The Morgan fingerprint density at radius 1 is 0.968 bits per heavy atom. The van der Waals surface area contributed by atoms with Gasteiger partial charge in [-0.3, -0.25) is 19.4 Å². The minimum atomic E-state index is -1.02. The van der Waals surface area contributed by atoms with Gasteiger partial charge in [0.2, 0.25) is 0 Å². The lowest BCUT2D eigenvalue weighted by molar-refractivity contribution is -0.127. The van der Waals surface area contributed by atoms with E-state index in [1.54, 1.807) is 48.5 Å². The number of hydrogen-bond donors (Lipinski definition) is 1. The van der Waals surface area contributed by atoms with Gasteiger partial charge >= 0.3 is 5.97 Å². The number of carboxylic acid groups (broad SMARTS) is 1. The van der Waals surface area contributed by atoms with Gasteiger partial charge < -0.3 is 9.52 Å². The fraction of sp³-hybridized carbons (Fsp3) is 0.0435. The van der Waals surface area contributed by atoms with Crippen LogP contribution in [0.25, 0.3) is 17.4 Å². The van der Waals surface area contributed by atoms with E-state index in [0.717, 1.165) is 0 Å². The van der Waals surface area contributed by atoms with Crippen LogP contribution in [0.4, 0.5) is 5.69 Å². The van der Waals surface area contributed by atoms with Crippen LogP contribution < -0.4 is 4.90 Å². The number of amides is 2. The molecule has 4 rings (SSSR count). The van der Waals surface area contributed by atoms with E-state index in [2.05, 4.69) is 0 Å². The Kier molecular flexibility index (Phi) is 5.22. The Balaban J connectivity index is 1.67. The highest BCUT2D eigenvalue weighted by Gasteiger charge is 2.38. The molecule has 31 heavy (non-hydrogen) atoms. The molecule has 0 unspecified atom stereocenters. The van der Waals surface area contributed by atoms with Crippen molar-refractivity contribution in [2.75, 3.05) is 11.9 Å². The van der Waals surface area contributed by atoms with Crippen molar-refractivity contribution < 1.29 is 23.9 Å². The molecule has 0 bridgehead atoms. The molecule has 0 radical (unpaired) electrons. The minimum absolute atomic E-state index is 0.0814. The lowest BCUT2D eigenvalue weighted by Crippen LogP contribution is -2.54. The maximum absolute atomic E-state index is 13.1. The molecule has 1 N–H and O–H groups in total. The van der Waals surface area contributed by atoms with Gasteiger partial charge in [0.05, 0.1) is 11.3 Å². The summed E-state index contributed by atoms with van der Waals surface area (Å²) in [5, 5.41) is 9.11. The molecule has 0 saturated carbocycles. The Morgan fingerprint density at radius 2 is 1.65 bits per heavy atom. The number of furan rings is 1. The van der Waals surface area contributed by atoms with Crippen LogP contribution in [0, 0.1) is 0 Å². The fourth-order valence-corrected chi connectivity index (χ4v) is 3.42. The third-order valence-electron chi connectivity index (χ3n) is 4.79. The van der Waals surface area contributed by atoms with E-state index in [1.807, 2.05) is 6.07 Å². The van der Waals surface area contributed by atoms with Gasteiger partial charge in [0.25, 0.3) is 11.8 Å². The topological polar surface area (TPSA) is 91.1 Å². The van der Waals surface area contributed by atoms with Crippen LogP contribution >= 0.6 is 12.2 Å². The van der Waals surface area contributed by atoms with E-state index in [9.17, 15) is 14.4 Å². The quantitative estimate of drug-likeness (QED) is 0.383. The SMILES string of the molecule is CN1C(=O)/C(=C/c2ccc(-c3ccc(C(=O)O)cc3)o2)C(=O)N(c2ccccc2)C1=S. The average molecular weight is 432 g/mol. The Morgan fingerprint density at radius 3 is 2.29 bits per heavy atom. The molecule has 3 aromatic rings. The predicted octanol–water partition coefficient (Wildman–Crippen LogP) is 3.82. The second-order valence-electron chi connectivity index (χ2n) is 6.77. The van der Waals surface area contributed by atoms with Gasteiger partial charge in [-0.2, -0.15) is 0 Å². The van der Waals surface area contributed by atoms with Crippen molar-refractivity contribution in [2.45, 2.75) is 0 Å². The average Bonchev–Trinajstić information content (AvgIpc) is 3.25. The number of carbonyl (C=O) groups excluding carboxylic acids is 2. The van der Waals surface area contributed by atoms with Gasteiger partial charge in [-0.15, -0.1) is 0 Å². The lowest BCUT2D eigenvalue weighted by atomic mass is 10.1. The number of benzene rings is 2. The molecule has 0 atom stereocenters. The summed E-state index contributed by atoms with van der Waals surface area (Å²) in [6.45, 7) is 0. The van der Waals surface area contributed by atoms with Gasteiger partial charge in [-0.05, 0) is 54.7 Å². The molecular weight excluding hydrogens is 416 g/mol. The second-order valence-corrected chi connectivity index (χ2v) is 7.13. The predicted molar refractivity (Wildman–Crippen MR) is 118 cm³/mol. The summed E-state index contributed by atoms with van der Waals surface area (Å²) < 4.78 is 5.77. The largest absolute Gasteiger partial charge is 0.478 e. The van der Waals surface area contributed by atoms with Crippen LogP contribution in [0.2, 0.25) is 0 Å². The van der Waals surface area contributed by atoms with Crippen LogP contribution in [-0.4, -0.2) is 40.0 Å². The normalized spacial score (nSPS) is 15.6. The van der Waals surface area contributed by atoms with Gasteiger partial charge in [0, 0.05) is 12.6 Å². The zero-order valence-electron chi connectivity index (χ0n) is 16.3. The zero-order valence-corrected chi connectivity index (χ0v) is 17.1. The van der Waals surface area contributed by atoms with Crippen LogP contribution in [0.5, 0.6) is 0 Å². The highest BCUT2D eigenvalue weighted by atomic mass is 32.1. The van der Waals surface area contributed by atoms with E-state index < -0.39 is 17.8 Å². The maximum atomic E-state index is 13.1. The number of hydrogen-bond acceptors (Lipinski definition) is 5. The molecular formula is C23H16N2O5S. The van der Waals surface area contributed by atoms with Gasteiger partial charge in [0.15, 0.2) is 5.11 Å². The van der Waals surface area contributed by atoms with E-state index >= 15 is 0 Å². The molecule has 0 spiro atoms. The molecule has 8 heteroatoms. The fourth-order valence-electron chi connectivity index (χ4n) is 3.15. The molecule has 1 aliphatic heterocycles. The van der Waals surface area contributed by atoms with Gasteiger partial charge in [0.1, 0.15) is 17.1 Å². The van der Waals surface area contributed by atoms with Crippen molar-refractivity contribution >= 4 is 46.9 Å². The van der Waals surface area contributed by atoms with E-state index in [4.69, 9.17) is 21.7 Å². The van der Waals surface area contributed by atoms with Crippen molar-refractivity contribution in [3.8, 4) is 11.3 Å². The number of carboxylic acids is 1. The van der Waals surface area contributed by atoms with Crippen molar-refractivity contribution in [3.05, 3.63) is 83.6 Å². The summed E-state index contributed by atoms with van der Waals surface area (Å²) in [6.07, 6.45) is 1.38. The molecule has 2 heterocycles. The summed E-state index contributed by atoms with van der Waals surface area (Å²) in [4.78, 5) is 39.4. The maximum Gasteiger partial charge on any atom is 0.335 e. The van der Waals surface area contributed by atoms with Crippen molar-refractivity contribution in [1.82, 2.24) is 4.90 Å². The number of likely N-dealkylation sites (N-methyl/N-ethyl adjacent to an activating group) is 1. The second kappa shape index (κ2) is 8.00. The van der Waals surface area contributed by atoms with Crippen molar-refractivity contribution in [1.29, 1.82) is 0 Å². The van der Waals surface area contributed by atoms with E-state index in [1.165, 1.54) is 35.1 Å². The Bertz CT molecular complexity index is 1230. The van der Waals surface area contributed by atoms with Gasteiger partial charge in [-0.25, -0.2) is 4.79 Å². The minimum Gasteiger partial charge on any atom is -0.478 e. The summed E-state index contributed by atoms with van der Waals surface area (Å²) in [5.74, 6) is -1.30. The molecule has 2 amide bonds. The summed E-state index contributed by atoms with van der Waals surface area (Å²) in [5.41, 5.74) is 1.31. The Labute approximate surface area is 182 Å². The molecule has 1 saturated heterocycles. The molecule has 7 nitrogen and oxygen atoms in total. The highest BCUT2D eigenvalue weighted by molar-refractivity contribution is 7.80. The lowest BCUT2D eigenvalue weighted by Gasteiger charge is -2.34. The number of aromatic carboxylic acids is 1. The number of anilines is 1. The standard InChI is InChI=1S/C23H16N2O5S/c1-24-20(26)18(21(27)25(23(24)31)16-5-3-2-4-6-16)13-17-11-12-19(30-17)14-7-9-15(10-8-14)22(28)29/h2-13H,1H3,(H,28,29)/b18-13-. The molecule has 0 aliphatic carbocycles. The number of carbonyl (C=O) groups is 3. The molecule has 1 aromatic heterocycles. The third-order valence-corrected chi connectivity index (χ3v) is 5.25. The first kappa shape index (κ1) is 20.2. The zero-order chi connectivity index (χ0) is 22.1. The van der Waals surface area contributed by atoms with E-state index in [0.29, 0.717) is 22.8 Å². The van der Waals surface area contributed by atoms with Crippen LogP contribution in [0.1, 0.15) is 16.1 Å². The number of nitrogens with zero attached hydrogens (tertiary/aromatic N) is 2. The number of para-hydroxylation sites is 1. The van der Waals surface area contributed by atoms with Crippen LogP contribution in [0.15, 0.2) is 76.7 Å². The van der Waals surface area contributed by atoms with Gasteiger partial charge in [-0.1, -0.05) is 30.3 Å². The molecule has 154 valence electrons. The highest BCUT2D eigenvalue weighted by Crippen LogP contribution is 2.27.